The van der Waals surface area contributed by atoms with Crippen molar-refractivity contribution in [1.82, 2.24) is 14.7 Å². The van der Waals surface area contributed by atoms with Crippen molar-refractivity contribution in [3.05, 3.63) is 57.8 Å². The summed E-state index contributed by atoms with van der Waals surface area (Å²) in [5.41, 5.74) is 2.32. The summed E-state index contributed by atoms with van der Waals surface area (Å²) in [6.45, 7) is 0.838. The summed E-state index contributed by atoms with van der Waals surface area (Å²) in [5.74, 6) is -1.52. The predicted molar refractivity (Wildman–Crippen MR) is 92.9 cm³/mol. The smallest absolute Gasteiger partial charge is 0.274 e. The highest BCUT2D eigenvalue weighted by Gasteiger charge is 2.44. The van der Waals surface area contributed by atoms with E-state index in [4.69, 9.17) is 0 Å². The first kappa shape index (κ1) is 16.0. The van der Waals surface area contributed by atoms with Crippen LogP contribution in [-0.4, -0.2) is 52.8 Å². The lowest BCUT2D eigenvalue weighted by Gasteiger charge is -2.37. The van der Waals surface area contributed by atoms with Gasteiger partial charge in [-0.15, -0.1) is 11.3 Å². The summed E-state index contributed by atoms with van der Waals surface area (Å²) in [6, 6.07) is 11.6. The van der Waals surface area contributed by atoms with Crippen LogP contribution in [0.1, 0.15) is 22.0 Å². The van der Waals surface area contributed by atoms with Crippen molar-refractivity contribution in [1.29, 1.82) is 0 Å². The number of thiophene rings is 1. The van der Waals surface area contributed by atoms with Gasteiger partial charge in [-0.1, -0.05) is 30.3 Å². The van der Waals surface area contributed by atoms with Gasteiger partial charge in [-0.3, -0.25) is 19.4 Å². The SMILES string of the molecule is CN1C(=O)C(=O)N(CN2CCc3sccc3[C@@H]2c2ccccc2)C1=O. The molecule has 0 saturated carbocycles. The number of benzene rings is 1. The maximum atomic E-state index is 12.2. The van der Waals surface area contributed by atoms with Crippen LogP contribution in [0.25, 0.3) is 0 Å². The molecule has 1 saturated heterocycles. The van der Waals surface area contributed by atoms with Gasteiger partial charge in [-0.25, -0.2) is 9.69 Å². The zero-order valence-corrected chi connectivity index (χ0v) is 14.5. The Bertz CT molecular complexity index is 848. The lowest BCUT2D eigenvalue weighted by atomic mass is 9.94. The third-order valence-corrected chi connectivity index (χ3v) is 5.75. The Morgan fingerprint density at radius 2 is 1.84 bits per heavy atom. The Morgan fingerprint density at radius 1 is 1.08 bits per heavy atom. The molecule has 7 heteroatoms. The second-order valence-corrected chi connectivity index (χ2v) is 7.20. The quantitative estimate of drug-likeness (QED) is 0.625. The molecule has 1 aromatic carbocycles. The summed E-state index contributed by atoms with van der Waals surface area (Å²) in [5, 5.41) is 2.08. The van der Waals surface area contributed by atoms with Crippen LogP contribution in [0, 0.1) is 0 Å². The molecular formula is C18H17N3O3S. The van der Waals surface area contributed by atoms with Crippen LogP contribution in [-0.2, 0) is 16.0 Å². The molecule has 2 aliphatic rings. The van der Waals surface area contributed by atoms with Gasteiger partial charge < -0.3 is 0 Å². The zero-order chi connectivity index (χ0) is 17.6. The minimum Gasteiger partial charge on any atom is -0.274 e. The van der Waals surface area contributed by atoms with E-state index in [1.165, 1.54) is 17.5 Å². The number of amides is 4. The Balaban J connectivity index is 1.68. The van der Waals surface area contributed by atoms with E-state index in [1.807, 2.05) is 18.2 Å². The monoisotopic (exact) mass is 355 g/mol. The summed E-state index contributed by atoms with van der Waals surface area (Å²) >= 11 is 1.73. The fraction of sp³-hybridized carbons (Fsp3) is 0.278. The van der Waals surface area contributed by atoms with E-state index >= 15 is 0 Å². The first-order valence-electron chi connectivity index (χ1n) is 8.06. The summed E-state index contributed by atoms with van der Waals surface area (Å²) in [7, 11) is 1.34. The fourth-order valence-corrected chi connectivity index (χ4v) is 4.37. The minimum absolute atomic E-state index is 0.0298. The topological polar surface area (TPSA) is 60.9 Å². The number of carbonyl (C=O) groups excluding carboxylic acids is 3. The van der Waals surface area contributed by atoms with E-state index in [0.717, 1.165) is 28.3 Å². The highest BCUT2D eigenvalue weighted by molar-refractivity contribution is 7.10. The summed E-state index contributed by atoms with van der Waals surface area (Å²) in [6.07, 6.45) is 0.871. The molecule has 0 radical (unpaired) electrons. The average molecular weight is 355 g/mol. The molecule has 4 amide bonds. The van der Waals surface area contributed by atoms with E-state index in [-0.39, 0.29) is 12.7 Å². The van der Waals surface area contributed by atoms with Crippen molar-refractivity contribution < 1.29 is 14.4 Å². The zero-order valence-electron chi connectivity index (χ0n) is 13.7. The number of hydrogen-bond acceptors (Lipinski definition) is 5. The number of hydrogen-bond donors (Lipinski definition) is 0. The molecule has 0 N–H and O–H groups in total. The Labute approximate surface area is 149 Å². The van der Waals surface area contributed by atoms with Gasteiger partial charge in [0.15, 0.2) is 0 Å². The molecule has 1 fully saturated rings. The van der Waals surface area contributed by atoms with Crippen LogP contribution < -0.4 is 0 Å². The summed E-state index contributed by atoms with van der Waals surface area (Å²) in [4.78, 5) is 41.5. The van der Waals surface area contributed by atoms with Gasteiger partial charge in [0.1, 0.15) is 0 Å². The van der Waals surface area contributed by atoms with Gasteiger partial charge in [-0.05, 0) is 29.0 Å². The number of urea groups is 1. The maximum Gasteiger partial charge on any atom is 0.335 e. The van der Waals surface area contributed by atoms with E-state index in [0.29, 0.717) is 0 Å². The van der Waals surface area contributed by atoms with Crippen LogP contribution in [0.4, 0.5) is 4.79 Å². The van der Waals surface area contributed by atoms with Gasteiger partial charge in [0.25, 0.3) is 0 Å². The number of nitrogens with zero attached hydrogens (tertiary/aromatic N) is 3. The summed E-state index contributed by atoms with van der Waals surface area (Å²) < 4.78 is 0. The molecule has 0 bridgehead atoms. The number of fused-ring (bicyclic) bond motifs is 1. The maximum absolute atomic E-state index is 12.2. The number of carbonyl (C=O) groups is 3. The lowest BCUT2D eigenvalue weighted by Crippen LogP contribution is -2.46. The first-order valence-corrected chi connectivity index (χ1v) is 8.94. The molecule has 2 aliphatic heterocycles. The second-order valence-electron chi connectivity index (χ2n) is 6.20. The predicted octanol–water partition coefficient (Wildman–Crippen LogP) is 2.07. The molecule has 6 nitrogen and oxygen atoms in total. The van der Waals surface area contributed by atoms with E-state index in [9.17, 15) is 14.4 Å². The highest BCUT2D eigenvalue weighted by Crippen LogP contribution is 2.37. The third kappa shape index (κ3) is 2.56. The van der Waals surface area contributed by atoms with E-state index < -0.39 is 17.8 Å². The molecular weight excluding hydrogens is 338 g/mol. The second kappa shape index (κ2) is 6.09. The molecule has 2 aromatic rings. The molecule has 3 heterocycles. The minimum atomic E-state index is -0.769. The molecule has 0 spiro atoms. The normalized spacial score (nSPS) is 21.2. The van der Waals surface area contributed by atoms with Crippen LogP contribution in [0.2, 0.25) is 0 Å². The van der Waals surface area contributed by atoms with Crippen LogP contribution in [0.15, 0.2) is 41.8 Å². The Hall–Kier alpha value is -2.51. The molecule has 0 unspecified atom stereocenters. The molecule has 1 aromatic heterocycles. The van der Waals surface area contributed by atoms with Crippen LogP contribution >= 0.6 is 11.3 Å². The molecule has 4 rings (SSSR count). The van der Waals surface area contributed by atoms with E-state index in [2.05, 4.69) is 28.5 Å². The van der Waals surface area contributed by atoms with Gasteiger partial charge in [0.2, 0.25) is 0 Å². The molecule has 0 aliphatic carbocycles. The van der Waals surface area contributed by atoms with Crippen LogP contribution in [0.5, 0.6) is 0 Å². The van der Waals surface area contributed by atoms with Crippen molar-refractivity contribution in [2.24, 2.45) is 0 Å². The fourth-order valence-electron chi connectivity index (χ4n) is 3.47. The van der Waals surface area contributed by atoms with Gasteiger partial charge >= 0.3 is 17.8 Å². The van der Waals surface area contributed by atoms with Crippen molar-refractivity contribution in [3.8, 4) is 0 Å². The average Bonchev–Trinajstić information content (AvgIpc) is 3.18. The van der Waals surface area contributed by atoms with Crippen molar-refractivity contribution in [2.45, 2.75) is 12.5 Å². The standard InChI is InChI=1S/C18H17N3O3S/c1-19-16(22)17(23)21(18(19)24)11-20-9-7-14-13(8-10-25-14)15(20)12-5-3-2-4-6-12/h2-6,8,10,15H,7,9,11H2,1H3/t15-/m0/s1. The van der Waals surface area contributed by atoms with Crippen molar-refractivity contribution in [2.75, 3.05) is 20.3 Å². The Morgan fingerprint density at radius 3 is 2.52 bits per heavy atom. The number of rotatable bonds is 3. The lowest BCUT2D eigenvalue weighted by molar-refractivity contribution is -0.143. The molecule has 25 heavy (non-hydrogen) atoms. The first-order chi connectivity index (χ1) is 12.1. The van der Waals surface area contributed by atoms with Crippen molar-refractivity contribution >= 4 is 29.2 Å². The van der Waals surface area contributed by atoms with Crippen LogP contribution in [0.3, 0.4) is 0 Å². The third-order valence-electron chi connectivity index (χ3n) is 4.75. The highest BCUT2D eigenvalue weighted by atomic mass is 32.1. The largest absolute Gasteiger partial charge is 0.335 e. The Kier molecular flexibility index (Phi) is 3.89. The molecule has 128 valence electrons. The van der Waals surface area contributed by atoms with Gasteiger partial charge in [0, 0.05) is 18.5 Å². The number of imide groups is 2. The van der Waals surface area contributed by atoms with Gasteiger partial charge in [-0.2, -0.15) is 0 Å². The van der Waals surface area contributed by atoms with Crippen molar-refractivity contribution in [3.63, 3.8) is 0 Å². The molecule has 1 atom stereocenters. The van der Waals surface area contributed by atoms with E-state index in [1.54, 1.807) is 11.3 Å². The van der Waals surface area contributed by atoms with Gasteiger partial charge in [0.05, 0.1) is 12.7 Å². The number of likely N-dealkylation sites (N-methyl/N-ethyl adjacent to an activating group) is 1.